The predicted octanol–water partition coefficient (Wildman–Crippen LogP) is 3.82. The lowest BCUT2D eigenvalue weighted by Crippen LogP contribution is -2.09. The van der Waals surface area contributed by atoms with Gasteiger partial charge >= 0.3 is 0 Å². The molecule has 90 valence electrons. The Hall–Kier alpha value is -1.44. The number of ketones is 2. The first-order valence-corrected chi connectivity index (χ1v) is 5.73. The summed E-state index contributed by atoms with van der Waals surface area (Å²) in [7, 11) is 0. The topological polar surface area (TPSA) is 34.1 Å². The third kappa shape index (κ3) is 6.12. The predicted molar refractivity (Wildman–Crippen MR) is 68.9 cm³/mol. The molecule has 0 aliphatic heterocycles. The van der Waals surface area contributed by atoms with Gasteiger partial charge in [0, 0.05) is 12.5 Å². The molecule has 0 radical (unpaired) electrons. The maximum atomic E-state index is 11.1. The second-order valence-corrected chi connectivity index (χ2v) is 2.75. The second-order valence-electron chi connectivity index (χ2n) is 2.75. The van der Waals surface area contributed by atoms with E-state index in [1.54, 1.807) is 12.1 Å². The second kappa shape index (κ2) is 10.1. The molecule has 0 unspecified atom stereocenters. The molecule has 0 N–H and O–H groups in total. The lowest BCUT2D eigenvalue weighted by Gasteiger charge is -1.96. The van der Waals surface area contributed by atoms with Gasteiger partial charge in [-0.25, -0.2) is 0 Å². The molecule has 1 rings (SSSR count). The molecule has 0 heterocycles. The quantitative estimate of drug-likeness (QED) is 0.563. The van der Waals surface area contributed by atoms with Crippen LogP contribution in [0.5, 0.6) is 0 Å². The first kappa shape index (κ1) is 17.0. The van der Waals surface area contributed by atoms with Crippen LogP contribution >= 0.6 is 0 Å². The zero-order valence-electron chi connectivity index (χ0n) is 11.1. The molecule has 2 heteroatoms. The number of rotatable bonds is 2. The SMILES string of the molecule is CC.CC.CC(=O)C(=O)c1ccc(C)cc1. The molecule has 0 aliphatic carbocycles. The van der Waals surface area contributed by atoms with Crippen LogP contribution in [0.2, 0.25) is 0 Å². The molecule has 0 spiro atoms. The minimum absolute atomic E-state index is 0.418. The third-order valence-corrected chi connectivity index (χ3v) is 1.63. The zero-order chi connectivity index (χ0) is 13.1. The van der Waals surface area contributed by atoms with E-state index in [1.165, 1.54) is 6.92 Å². The number of aryl methyl sites for hydroxylation is 1. The minimum atomic E-state index is -0.421. The van der Waals surface area contributed by atoms with Gasteiger partial charge in [0.15, 0.2) is 5.78 Å². The van der Waals surface area contributed by atoms with Gasteiger partial charge < -0.3 is 0 Å². The van der Waals surface area contributed by atoms with Crippen molar-refractivity contribution in [3.05, 3.63) is 35.4 Å². The summed E-state index contributed by atoms with van der Waals surface area (Å²) in [5.41, 5.74) is 1.54. The molecule has 0 bridgehead atoms. The van der Waals surface area contributed by atoms with Gasteiger partial charge in [0.05, 0.1) is 0 Å². The summed E-state index contributed by atoms with van der Waals surface area (Å²) in [6.07, 6.45) is 0. The lowest BCUT2D eigenvalue weighted by molar-refractivity contribution is -0.113. The summed E-state index contributed by atoms with van der Waals surface area (Å²) in [6.45, 7) is 11.2. The maximum Gasteiger partial charge on any atom is 0.228 e. The van der Waals surface area contributed by atoms with E-state index >= 15 is 0 Å². The molecule has 16 heavy (non-hydrogen) atoms. The molecule has 0 atom stereocenters. The molecule has 1 aromatic carbocycles. The van der Waals surface area contributed by atoms with Crippen molar-refractivity contribution < 1.29 is 9.59 Å². The normalized spacial score (nSPS) is 7.88. The minimum Gasteiger partial charge on any atom is -0.291 e. The number of Topliss-reactive ketones (excluding diaryl/α,β-unsaturated/α-hetero) is 2. The Morgan fingerprint density at radius 2 is 1.25 bits per heavy atom. The van der Waals surface area contributed by atoms with Gasteiger partial charge in [-0.2, -0.15) is 0 Å². The number of benzene rings is 1. The standard InChI is InChI=1S/C10H10O2.2C2H6/c1-7-3-5-9(6-4-7)10(12)8(2)11;2*1-2/h3-6H,1-2H3;2*1-2H3. The van der Waals surface area contributed by atoms with E-state index < -0.39 is 11.6 Å². The third-order valence-electron chi connectivity index (χ3n) is 1.63. The molecule has 0 saturated carbocycles. The van der Waals surface area contributed by atoms with Crippen LogP contribution in [0.1, 0.15) is 50.5 Å². The van der Waals surface area contributed by atoms with Crippen LogP contribution < -0.4 is 0 Å². The number of hydrogen-bond donors (Lipinski definition) is 0. The average molecular weight is 222 g/mol. The van der Waals surface area contributed by atoms with Crippen molar-refractivity contribution in [3.63, 3.8) is 0 Å². The number of carbonyl (C=O) groups excluding carboxylic acids is 2. The van der Waals surface area contributed by atoms with E-state index in [0.29, 0.717) is 5.56 Å². The van der Waals surface area contributed by atoms with Crippen LogP contribution in [-0.2, 0) is 4.79 Å². The Bertz CT molecular complexity index is 310. The van der Waals surface area contributed by atoms with E-state index in [1.807, 2.05) is 46.8 Å². The fourth-order valence-electron chi connectivity index (χ4n) is 0.908. The van der Waals surface area contributed by atoms with Crippen LogP contribution in [0.15, 0.2) is 24.3 Å². The van der Waals surface area contributed by atoms with Crippen LogP contribution in [0.25, 0.3) is 0 Å². The van der Waals surface area contributed by atoms with Crippen LogP contribution in [0.3, 0.4) is 0 Å². The van der Waals surface area contributed by atoms with Crippen LogP contribution in [-0.4, -0.2) is 11.6 Å². The Morgan fingerprint density at radius 1 is 0.875 bits per heavy atom. The van der Waals surface area contributed by atoms with E-state index in [4.69, 9.17) is 0 Å². The van der Waals surface area contributed by atoms with Crippen molar-refractivity contribution in [2.24, 2.45) is 0 Å². The van der Waals surface area contributed by atoms with Gasteiger partial charge in [0.25, 0.3) is 0 Å². The highest BCUT2D eigenvalue weighted by molar-refractivity contribution is 6.42. The largest absolute Gasteiger partial charge is 0.291 e. The van der Waals surface area contributed by atoms with Crippen molar-refractivity contribution in [3.8, 4) is 0 Å². The fraction of sp³-hybridized carbons (Fsp3) is 0.429. The lowest BCUT2D eigenvalue weighted by atomic mass is 10.1. The Kier molecular flexibility index (Phi) is 10.7. The summed E-state index contributed by atoms with van der Waals surface area (Å²) < 4.78 is 0. The molecular formula is C14H22O2. The van der Waals surface area contributed by atoms with Crippen molar-refractivity contribution >= 4 is 11.6 Å². The van der Waals surface area contributed by atoms with Gasteiger partial charge in [0.2, 0.25) is 5.78 Å². The first-order chi connectivity index (χ1) is 7.61. The van der Waals surface area contributed by atoms with Crippen LogP contribution in [0, 0.1) is 6.92 Å². The van der Waals surface area contributed by atoms with Gasteiger partial charge in [-0.15, -0.1) is 0 Å². The smallest absolute Gasteiger partial charge is 0.228 e. The van der Waals surface area contributed by atoms with Crippen molar-refractivity contribution in [1.29, 1.82) is 0 Å². The maximum absolute atomic E-state index is 11.1. The monoisotopic (exact) mass is 222 g/mol. The van der Waals surface area contributed by atoms with Gasteiger partial charge in [0.1, 0.15) is 0 Å². The Morgan fingerprint density at radius 3 is 1.56 bits per heavy atom. The highest BCUT2D eigenvalue weighted by Gasteiger charge is 2.09. The molecule has 0 aromatic heterocycles. The highest BCUT2D eigenvalue weighted by Crippen LogP contribution is 2.04. The summed E-state index contributed by atoms with van der Waals surface area (Å²) in [5.74, 6) is -0.839. The van der Waals surface area contributed by atoms with E-state index in [9.17, 15) is 9.59 Å². The van der Waals surface area contributed by atoms with E-state index in [0.717, 1.165) is 5.56 Å². The van der Waals surface area contributed by atoms with Gasteiger partial charge in [-0.3, -0.25) is 9.59 Å². The van der Waals surface area contributed by atoms with Crippen molar-refractivity contribution in [2.45, 2.75) is 41.5 Å². The molecule has 0 fully saturated rings. The highest BCUT2D eigenvalue weighted by atomic mass is 16.2. The first-order valence-electron chi connectivity index (χ1n) is 5.73. The number of hydrogen-bond acceptors (Lipinski definition) is 2. The fourth-order valence-corrected chi connectivity index (χ4v) is 0.908. The molecule has 1 aromatic rings. The molecule has 0 aliphatic rings. The number of carbonyl (C=O) groups is 2. The summed E-state index contributed by atoms with van der Waals surface area (Å²) in [4.78, 5) is 21.8. The Labute approximate surface area is 98.7 Å². The van der Waals surface area contributed by atoms with Gasteiger partial charge in [-0.1, -0.05) is 57.5 Å². The van der Waals surface area contributed by atoms with E-state index in [2.05, 4.69) is 0 Å². The van der Waals surface area contributed by atoms with Crippen molar-refractivity contribution in [1.82, 2.24) is 0 Å². The summed E-state index contributed by atoms with van der Waals surface area (Å²) >= 11 is 0. The average Bonchev–Trinajstić information content (AvgIpc) is 2.34. The molecule has 2 nitrogen and oxygen atoms in total. The van der Waals surface area contributed by atoms with Gasteiger partial charge in [-0.05, 0) is 6.92 Å². The summed E-state index contributed by atoms with van der Waals surface area (Å²) in [5, 5.41) is 0. The van der Waals surface area contributed by atoms with Crippen molar-refractivity contribution in [2.75, 3.05) is 0 Å². The summed E-state index contributed by atoms with van der Waals surface area (Å²) in [6, 6.07) is 6.96. The Balaban J connectivity index is 0. The van der Waals surface area contributed by atoms with E-state index in [-0.39, 0.29) is 0 Å². The molecular weight excluding hydrogens is 200 g/mol. The van der Waals surface area contributed by atoms with Crippen LogP contribution in [0.4, 0.5) is 0 Å². The zero-order valence-corrected chi connectivity index (χ0v) is 11.1. The molecule has 0 amide bonds. The molecule has 0 saturated heterocycles.